The number of piperazine rings is 1. The van der Waals surface area contributed by atoms with Crippen LogP contribution in [0.2, 0.25) is 0 Å². The number of pyridine rings is 1. The lowest BCUT2D eigenvalue weighted by Crippen LogP contribution is -2.43. The molecule has 0 aliphatic carbocycles. The summed E-state index contributed by atoms with van der Waals surface area (Å²) in [6, 6.07) is 13.1. The molecule has 1 aliphatic heterocycles. The van der Waals surface area contributed by atoms with Crippen LogP contribution in [-0.2, 0) is 6.54 Å². The average molecular weight is 374 g/mol. The van der Waals surface area contributed by atoms with Gasteiger partial charge in [0.25, 0.3) is 0 Å². The summed E-state index contributed by atoms with van der Waals surface area (Å²) in [4.78, 5) is 7.09. The van der Waals surface area contributed by atoms with E-state index in [0.29, 0.717) is 0 Å². The van der Waals surface area contributed by atoms with Gasteiger partial charge in [-0.05, 0) is 24.6 Å². The maximum atomic E-state index is 7.63. The van der Waals surface area contributed by atoms with E-state index in [1.54, 1.807) is 6.19 Å². The second kappa shape index (κ2) is 9.58. The Morgan fingerprint density at radius 1 is 1.21 bits per heavy atom. The van der Waals surface area contributed by atoms with Crippen LogP contribution in [0.4, 0.5) is 5.69 Å². The summed E-state index contributed by atoms with van der Waals surface area (Å²) in [5.41, 5.74) is 4.98. The van der Waals surface area contributed by atoms with Gasteiger partial charge in [-0.25, -0.2) is 4.98 Å². The van der Waals surface area contributed by atoms with E-state index in [1.165, 1.54) is 28.4 Å². The molecule has 144 valence electrons. The van der Waals surface area contributed by atoms with Crippen molar-refractivity contribution in [1.82, 2.24) is 20.2 Å². The number of rotatable bonds is 4. The van der Waals surface area contributed by atoms with Crippen LogP contribution in [0.3, 0.4) is 0 Å². The van der Waals surface area contributed by atoms with E-state index in [0.717, 1.165) is 38.4 Å². The number of hydrogen-bond donors (Lipinski definition) is 2. The number of hydrogen-bond acceptors (Lipinski definition) is 5. The third-order valence-corrected chi connectivity index (χ3v) is 4.74. The summed E-state index contributed by atoms with van der Waals surface area (Å²) in [5.74, 6) is 0. The number of benzene rings is 1. The first kappa shape index (κ1) is 19.5. The highest BCUT2D eigenvalue weighted by Gasteiger charge is 2.15. The minimum atomic E-state index is 0.863. The average Bonchev–Trinajstić information content (AvgIpc) is 3.14. The largest absolute Gasteiger partial charge is 0.368 e. The Balaban J connectivity index is 0.000000403. The van der Waals surface area contributed by atoms with E-state index in [4.69, 9.17) is 5.26 Å². The molecular formula is C22H26N6. The maximum absolute atomic E-state index is 7.63. The van der Waals surface area contributed by atoms with E-state index < -0.39 is 0 Å². The number of nitrogens with zero attached hydrogens (tertiary/aromatic N) is 4. The standard InChI is InChI=1S/C19H22N4.C3H4N2/c1-15-2-4-16(5-3-15)14-23-11-7-17-18(6-8-21-19(17)23)22-12-9-20-10-13-22;1-2-5-3-4/h2-8,11,20H,9-10,12-14H2,1H3;2,5H,1H2. The van der Waals surface area contributed by atoms with Gasteiger partial charge in [-0.1, -0.05) is 36.4 Å². The first-order valence-electron chi connectivity index (χ1n) is 9.43. The molecule has 1 aliphatic rings. The van der Waals surface area contributed by atoms with E-state index in [2.05, 4.69) is 81.2 Å². The zero-order valence-corrected chi connectivity index (χ0v) is 16.2. The van der Waals surface area contributed by atoms with Gasteiger partial charge in [0.15, 0.2) is 6.19 Å². The second-order valence-electron chi connectivity index (χ2n) is 6.69. The Morgan fingerprint density at radius 2 is 1.96 bits per heavy atom. The number of anilines is 1. The van der Waals surface area contributed by atoms with E-state index in [-0.39, 0.29) is 0 Å². The third-order valence-electron chi connectivity index (χ3n) is 4.74. The topological polar surface area (TPSA) is 68.9 Å². The molecular weight excluding hydrogens is 348 g/mol. The molecule has 0 atom stereocenters. The van der Waals surface area contributed by atoms with Crippen LogP contribution in [0.15, 0.2) is 61.6 Å². The molecule has 3 heterocycles. The molecule has 3 aromatic rings. The van der Waals surface area contributed by atoms with Crippen LogP contribution in [0, 0.1) is 18.4 Å². The molecule has 0 radical (unpaired) electrons. The fraction of sp³-hybridized carbons (Fsp3) is 0.273. The lowest BCUT2D eigenvalue weighted by molar-refractivity contribution is 0.590. The summed E-state index contributed by atoms with van der Waals surface area (Å²) in [5, 5.41) is 14.5. The van der Waals surface area contributed by atoms with E-state index in [1.807, 2.05) is 6.20 Å². The van der Waals surface area contributed by atoms with Crippen LogP contribution >= 0.6 is 0 Å². The van der Waals surface area contributed by atoms with Crippen molar-refractivity contribution in [2.24, 2.45) is 0 Å². The zero-order valence-electron chi connectivity index (χ0n) is 16.2. The predicted molar refractivity (Wildman–Crippen MR) is 114 cm³/mol. The van der Waals surface area contributed by atoms with Crippen molar-refractivity contribution in [3.8, 4) is 6.19 Å². The normalized spacial score (nSPS) is 13.4. The Hall–Kier alpha value is -3.30. The number of aryl methyl sites for hydroxylation is 1. The van der Waals surface area contributed by atoms with Crippen molar-refractivity contribution >= 4 is 16.7 Å². The molecule has 4 rings (SSSR count). The Kier molecular flexibility index (Phi) is 6.66. The van der Waals surface area contributed by atoms with Crippen molar-refractivity contribution < 1.29 is 0 Å². The second-order valence-corrected chi connectivity index (χ2v) is 6.69. The molecule has 2 N–H and O–H groups in total. The summed E-state index contributed by atoms with van der Waals surface area (Å²) >= 11 is 0. The minimum absolute atomic E-state index is 0.863. The smallest absolute Gasteiger partial charge is 0.180 e. The number of nitrogens with one attached hydrogen (secondary N) is 2. The molecule has 28 heavy (non-hydrogen) atoms. The number of fused-ring (bicyclic) bond motifs is 1. The first-order chi connectivity index (χ1) is 13.7. The molecule has 1 fully saturated rings. The molecule has 0 bridgehead atoms. The highest BCUT2D eigenvalue weighted by molar-refractivity contribution is 5.90. The van der Waals surface area contributed by atoms with Crippen LogP contribution in [0.1, 0.15) is 11.1 Å². The quantitative estimate of drug-likeness (QED) is 0.543. The lowest BCUT2D eigenvalue weighted by Gasteiger charge is -2.29. The van der Waals surface area contributed by atoms with E-state index >= 15 is 0 Å². The van der Waals surface area contributed by atoms with Gasteiger partial charge >= 0.3 is 0 Å². The van der Waals surface area contributed by atoms with Gasteiger partial charge in [-0.2, -0.15) is 5.26 Å². The molecule has 2 aromatic heterocycles. The first-order valence-corrected chi connectivity index (χ1v) is 9.43. The molecule has 0 spiro atoms. The van der Waals surface area contributed by atoms with Crippen LogP contribution < -0.4 is 15.5 Å². The highest BCUT2D eigenvalue weighted by Crippen LogP contribution is 2.27. The molecule has 0 unspecified atom stereocenters. The molecule has 0 amide bonds. The number of aromatic nitrogens is 2. The van der Waals surface area contributed by atoms with Gasteiger partial charge in [-0.3, -0.25) is 0 Å². The summed E-state index contributed by atoms with van der Waals surface area (Å²) in [6.07, 6.45) is 7.06. The minimum Gasteiger partial charge on any atom is -0.368 e. The van der Waals surface area contributed by atoms with Crippen molar-refractivity contribution in [1.29, 1.82) is 5.26 Å². The third kappa shape index (κ3) is 4.70. The van der Waals surface area contributed by atoms with Crippen LogP contribution in [-0.4, -0.2) is 35.7 Å². The number of nitriles is 1. The van der Waals surface area contributed by atoms with Crippen LogP contribution in [0.25, 0.3) is 11.0 Å². The maximum Gasteiger partial charge on any atom is 0.180 e. The van der Waals surface area contributed by atoms with Crippen molar-refractivity contribution in [2.75, 3.05) is 31.1 Å². The van der Waals surface area contributed by atoms with Crippen molar-refractivity contribution in [3.05, 3.63) is 72.7 Å². The van der Waals surface area contributed by atoms with Gasteiger partial charge in [0.1, 0.15) is 5.65 Å². The summed E-state index contributed by atoms with van der Waals surface area (Å²) in [7, 11) is 0. The Bertz CT molecular complexity index is 945. The molecule has 0 saturated carbocycles. The fourth-order valence-corrected chi connectivity index (χ4v) is 3.32. The van der Waals surface area contributed by atoms with Gasteiger partial charge in [0.2, 0.25) is 0 Å². The highest BCUT2D eigenvalue weighted by atomic mass is 15.2. The van der Waals surface area contributed by atoms with Gasteiger partial charge in [-0.15, -0.1) is 0 Å². The SMILES string of the molecule is C=CNC#N.Cc1ccc(Cn2ccc3c(N4CCNCC4)ccnc32)cc1. The molecule has 6 nitrogen and oxygen atoms in total. The van der Waals surface area contributed by atoms with Crippen molar-refractivity contribution in [2.45, 2.75) is 13.5 Å². The molecule has 1 aromatic carbocycles. The molecule has 1 saturated heterocycles. The Labute approximate surface area is 166 Å². The Morgan fingerprint density at radius 3 is 2.61 bits per heavy atom. The van der Waals surface area contributed by atoms with Gasteiger partial charge < -0.3 is 20.1 Å². The van der Waals surface area contributed by atoms with Crippen molar-refractivity contribution in [3.63, 3.8) is 0 Å². The predicted octanol–water partition coefficient (Wildman–Crippen LogP) is 3.00. The van der Waals surface area contributed by atoms with Gasteiger partial charge in [0.05, 0.1) is 0 Å². The summed E-state index contributed by atoms with van der Waals surface area (Å²) in [6.45, 7) is 10.4. The fourth-order valence-electron chi connectivity index (χ4n) is 3.32. The lowest BCUT2D eigenvalue weighted by atomic mass is 10.1. The summed E-state index contributed by atoms with van der Waals surface area (Å²) < 4.78 is 2.24. The van der Waals surface area contributed by atoms with E-state index in [9.17, 15) is 0 Å². The van der Waals surface area contributed by atoms with Gasteiger partial charge in [0, 0.05) is 62.4 Å². The van der Waals surface area contributed by atoms with Crippen LogP contribution in [0.5, 0.6) is 0 Å². The molecule has 6 heteroatoms. The monoisotopic (exact) mass is 374 g/mol. The zero-order chi connectivity index (χ0) is 19.8.